The molecule has 0 radical (unpaired) electrons. The van der Waals surface area contributed by atoms with Gasteiger partial charge in [0, 0.05) is 12.3 Å². The van der Waals surface area contributed by atoms with Gasteiger partial charge in [-0.1, -0.05) is 0 Å². The highest BCUT2D eigenvalue weighted by molar-refractivity contribution is 7.14. The number of aromatic nitrogens is 1. The normalized spacial score (nSPS) is 11.3. The molecule has 8 nitrogen and oxygen atoms in total. The summed E-state index contributed by atoms with van der Waals surface area (Å²) in [5, 5.41) is 6.04. The van der Waals surface area contributed by atoms with E-state index in [0.717, 1.165) is 0 Å². The molecule has 0 saturated heterocycles. The van der Waals surface area contributed by atoms with Crippen LogP contribution in [-0.4, -0.2) is 35.9 Å². The van der Waals surface area contributed by atoms with Gasteiger partial charge in [-0.3, -0.25) is 9.69 Å². The van der Waals surface area contributed by atoms with Gasteiger partial charge < -0.3 is 9.47 Å². The molecule has 0 atom stereocenters. The van der Waals surface area contributed by atoms with Gasteiger partial charge in [-0.15, -0.1) is 11.3 Å². The van der Waals surface area contributed by atoms with Crippen LogP contribution in [0.3, 0.4) is 0 Å². The Morgan fingerprint density at radius 1 is 1.26 bits per heavy atom. The molecule has 0 fully saturated rings. The minimum atomic E-state index is -0.655. The van der Waals surface area contributed by atoms with Gasteiger partial charge in [-0.05, 0) is 45.0 Å². The molecule has 0 saturated carbocycles. The molecule has 2 rings (SSSR count). The molecule has 2 aromatic rings. The van der Waals surface area contributed by atoms with Crippen LogP contribution in [-0.2, 0) is 9.53 Å². The van der Waals surface area contributed by atoms with Crippen LogP contribution in [0.5, 0.6) is 5.75 Å². The summed E-state index contributed by atoms with van der Waals surface area (Å²) in [6.07, 6.45) is 0.730. The minimum absolute atomic E-state index is 0.176. The van der Waals surface area contributed by atoms with Crippen LogP contribution in [0.25, 0.3) is 0 Å². The van der Waals surface area contributed by atoms with Gasteiger partial charge in [0.1, 0.15) is 11.4 Å². The summed E-state index contributed by atoms with van der Waals surface area (Å²) < 4.78 is 10.2. The van der Waals surface area contributed by atoms with Crippen molar-refractivity contribution in [3.63, 3.8) is 0 Å². The van der Waals surface area contributed by atoms with Crippen molar-refractivity contribution >= 4 is 40.4 Å². The molecule has 144 valence electrons. The number of nitrogens with zero attached hydrogens (tertiary/aromatic N) is 3. The summed E-state index contributed by atoms with van der Waals surface area (Å²) in [7, 11) is 1.58. The summed E-state index contributed by atoms with van der Waals surface area (Å²) in [4.78, 5) is 29.5. The van der Waals surface area contributed by atoms with Crippen LogP contribution in [0.2, 0.25) is 0 Å². The van der Waals surface area contributed by atoms with E-state index in [0.29, 0.717) is 22.3 Å². The predicted molar refractivity (Wildman–Crippen MR) is 105 cm³/mol. The fourth-order valence-electron chi connectivity index (χ4n) is 2.05. The summed E-state index contributed by atoms with van der Waals surface area (Å²) in [5.41, 5.74) is 2.85. The fourth-order valence-corrected chi connectivity index (χ4v) is 2.89. The number of rotatable bonds is 5. The Hall–Kier alpha value is -2.94. The zero-order valence-electron chi connectivity index (χ0n) is 15.8. The molecule has 1 N–H and O–H groups in total. The second-order valence-corrected chi connectivity index (χ2v) is 7.32. The van der Waals surface area contributed by atoms with Crippen molar-refractivity contribution in [2.45, 2.75) is 33.3 Å². The average Bonchev–Trinajstić information content (AvgIpc) is 3.02. The Labute approximate surface area is 161 Å². The number of hydrogen-bond donors (Lipinski definition) is 1. The predicted octanol–water partition coefficient (Wildman–Crippen LogP) is 3.69. The van der Waals surface area contributed by atoms with Crippen LogP contribution in [0.4, 0.5) is 15.6 Å². The van der Waals surface area contributed by atoms with Crippen molar-refractivity contribution in [3.05, 3.63) is 35.3 Å². The maximum absolute atomic E-state index is 12.1. The van der Waals surface area contributed by atoms with E-state index < -0.39 is 11.7 Å². The van der Waals surface area contributed by atoms with Gasteiger partial charge in [0.15, 0.2) is 5.13 Å². The number of amides is 2. The van der Waals surface area contributed by atoms with Gasteiger partial charge >= 0.3 is 6.09 Å². The molecule has 0 aliphatic rings. The molecular weight excluding hydrogens is 368 g/mol. The van der Waals surface area contributed by atoms with Crippen molar-refractivity contribution in [2.75, 3.05) is 12.0 Å². The molecule has 9 heteroatoms. The van der Waals surface area contributed by atoms with E-state index in [4.69, 9.17) is 9.47 Å². The lowest BCUT2D eigenvalue weighted by Gasteiger charge is -2.18. The lowest BCUT2D eigenvalue weighted by atomic mass is 10.2. The van der Waals surface area contributed by atoms with Gasteiger partial charge in [0.25, 0.3) is 0 Å². The number of carbonyl (C=O) groups is 2. The maximum Gasteiger partial charge on any atom is 0.428 e. The lowest BCUT2D eigenvalue weighted by Crippen LogP contribution is -2.29. The molecule has 0 bridgehead atoms. The first-order chi connectivity index (χ1) is 12.7. The van der Waals surface area contributed by atoms with E-state index >= 15 is 0 Å². The van der Waals surface area contributed by atoms with Gasteiger partial charge in [-0.25, -0.2) is 15.2 Å². The zero-order chi connectivity index (χ0) is 20.0. The van der Waals surface area contributed by atoms with Crippen LogP contribution in [0.15, 0.2) is 34.7 Å². The van der Waals surface area contributed by atoms with Crippen molar-refractivity contribution in [3.8, 4) is 5.75 Å². The topological polar surface area (TPSA) is 93.1 Å². The van der Waals surface area contributed by atoms with Gasteiger partial charge in [-0.2, -0.15) is 5.10 Å². The van der Waals surface area contributed by atoms with E-state index in [1.54, 1.807) is 57.5 Å². The highest BCUT2D eigenvalue weighted by atomic mass is 32.1. The number of thiazole rings is 1. The number of nitrogens with one attached hydrogen (secondary N) is 1. The Morgan fingerprint density at radius 3 is 2.48 bits per heavy atom. The first-order valence-electron chi connectivity index (χ1n) is 8.12. The first-order valence-corrected chi connectivity index (χ1v) is 9.00. The Bertz CT molecular complexity index is 825. The Morgan fingerprint density at radius 2 is 1.93 bits per heavy atom. The molecule has 2 amide bonds. The van der Waals surface area contributed by atoms with E-state index in [9.17, 15) is 9.59 Å². The molecule has 1 heterocycles. The van der Waals surface area contributed by atoms with E-state index in [-0.39, 0.29) is 5.91 Å². The smallest absolute Gasteiger partial charge is 0.428 e. The first kappa shape index (κ1) is 20.4. The number of benzene rings is 1. The van der Waals surface area contributed by atoms with E-state index in [1.807, 2.05) is 0 Å². The molecule has 0 unspecified atom stereocenters. The Balaban J connectivity index is 2.10. The van der Waals surface area contributed by atoms with Crippen molar-refractivity contribution < 1.29 is 19.1 Å². The molecule has 0 spiro atoms. The third-order valence-electron chi connectivity index (χ3n) is 3.10. The highest BCUT2D eigenvalue weighted by Gasteiger charge is 2.18. The number of hydrogen-bond acceptors (Lipinski definition) is 7. The van der Waals surface area contributed by atoms with Crippen LogP contribution >= 0.6 is 11.3 Å². The summed E-state index contributed by atoms with van der Waals surface area (Å²) >= 11 is 1.29. The standard InChI is InChI=1S/C18H22N4O4S/c1-12(23)22(14-6-8-15(25-5)9-7-14)16-20-13(11-27-16)10-19-21-17(24)26-18(2,3)4/h6-11H,1-5H3,(H,21,24)/b19-10-. The van der Waals surface area contributed by atoms with Gasteiger partial charge in [0.05, 0.1) is 24.7 Å². The monoisotopic (exact) mass is 390 g/mol. The van der Waals surface area contributed by atoms with Gasteiger partial charge in [0.2, 0.25) is 5.91 Å². The maximum atomic E-state index is 12.1. The molecule has 27 heavy (non-hydrogen) atoms. The third kappa shape index (κ3) is 6.07. The number of ether oxygens (including phenoxy) is 2. The minimum Gasteiger partial charge on any atom is -0.497 e. The molecule has 1 aromatic carbocycles. The number of anilines is 2. The quantitative estimate of drug-likeness (QED) is 0.621. The average molecular weight is 390 g/mol. The summed E-state index contributed by atoms with van der Waals surface area (Å²) in [5.74, 6) is 0.521. The van der Waals surface area contributed by atoms with E-state index in [2.05, 4.69) is 15.5 Å². The fraction of sp³-hybridized carbons (Fsp3) is 0.333. The number of hydrazone groups is 1. The van der Waals surface area contributed by atoms with Crippen molar-refractivity contribution in [1.29, 1.82) is 0 Å². The SMILES string of the molecule is COc1ccc(N(C(C)=O)c2nc(/C=N\NC(=O)OC(C)(C)C)cs2)cc1. The number of methoxy groups -OCH3 is 1. The second-order valence-electron chi connectivity index (χ2n) is 6.48. The van der Waals surface area contributed by atoms with Crippen LogP contribution in [0.1, 0.15) is 33.4 Å². The van der Waals surface area contributed by atoms with Crippen molar-refractivity contribution in [2.24, 2.45) is 5.10 Å². The van der Waals surface area contributed by atoms with Crippen LogP contribution in [0, 0.1) is 0 Å². The summed E-state index contributed by atoms with van der Waals surface area (Å²) in [6.45, 7) is 6.75. The second kappa shape index (κ2) is 8.63. The molecule has 1 aromatic heterocycles. The zero-order valence-corrected chi connectivity index (χ0v) is 16.7. The molecule has 0 aliphatic carbocycles. The molecule has 0 aliphatic heterocycles. The largest absolute Gasteiger partial charge is 0.497 e. The number of carbonyl (C=O) groups excluding carboxylic acids is 2. The van der Waals surface area contributed by atoms with E-state index in [1.165, 1.54) is 29.4 Å². The van der Waals surface area contributed by atoms with Crippen molar-refractivity contribution in [1.82, 2.24) is 10.4 Å². The molecular formula is C18H22N4O4S. The Kier molecular flexibility index (Phi) is 6.51. The van der Waals surface area contributed by atoms with Crippen LogP contribution < -0.4 is 15.1 Å². The highest BCUT2D eigenvalue weighted by Crippen LogP contribution is 2.29. The lowest BCUT2D eigenvalue weighted by molar-refractivity contribution is -0.115. The third-order valence-corrected chi connectivity index (χ3v) is 3.94. The summed E-state index contributed by atoms with van der Waals surface area (Å²) in [6, 6.07) is 7.09.